The first-order valence-corrected chi connectivity index (χ1v) is 24.4. The predicted octanol–water partition coefficient (Wildman–Crippen LogP) is 5.63. The maximum Gasteiger partial charge on any atom is 0.306 e. The van der Waals surface area contributed by atoms with Gasteiger partial charge in [0.25, 0.3) is 11.8 Å². The van der Waals surface area contributed by atoms with E-state index in [-0.39, 0.29) is 75.3 Å². The maximum atomic E-state index is 14.2. The molecule has 0 unspecified atom stereocenters. The predicted molar refractivity (Wildman–Crippen MR) is 271 cm³/mol. The quantitative estimate of drug-likeness (QED) is 0.0329. The van der Waals surface area contributed by atoms with Crippen molar-refractivity contribution >= 4 is 47.4 Å². The van der Waals surface area contributed by atoms with Gasteiger partial charge in [-0.2, -0.15) is 0 Å². The minimum Gasteiger partial charge on any atom is -0.461 e. The molecule has 0 aromatic heterocycles. The monoisotopic (exact) mass is 1020 g/mol. The molecule has 0 atom stereocenters. The molecule has 4 N–H and O–H groups in total. The van der Waals surface area contributed by atoms with Crippen LogP contribution in [0.15, 0.2) is 133 Å². The Morgan fingerprint density at radius 2 is 0.743 bits per heavy atom. The Kier molecular flexibility index (Phi) is 23.9. The van der Waals surface area contributed by atoms with E-state index >= 15 is 0 Å². The van der Waals surface area contributed by atoms with Gasteiger partial charge in [0.05, 0.1) is 0 Å². The van der Waals surface area contributed by atoms with Crippen LogP contribution in [0.3, 0.4) is 0 Å². The maximum absolute atomic E-state index is 14.2. The third-order valence-corrected chi connectivity index (χ3v) is 11.3. The standard InChI is InChI=1S/C56H62F2N6O10/c57-47-24-20-41(21-25-47)28-32-61-51(67)37-63(35-49(65)59-30-9-7-18-53(69)73-39-43-12-3-1-4-13-43)55(71)45-16-11-17-46(34-45)56(72)64(38-52(68)62-33-29-42-22-26-48(58)27-23-42)36-50(66)60-31-10-8-19-54(70)74-40-44-14-5-2-6-15-44/h1-6,11-17,20-27,34H,7-10,18-19,28-33,35-40H2,(H,59,65)(H,60,66)(H,61,67)(H,62,68). The summed E-state index contributed by atoms with van der Waals surface area (Å²) in [6.07, 6.45) is 2.63. The molecule has 0 radical (unpaired) electrons. The van der Waals surface area contributed by atoms with E-state index < -0.39 is 73.3 Å². The number of nitrogens with one attached hydrogen (secondary N) is 4. The van der Waals surface area contributed by atoms with Crippen molar-refractivity contribution in [2.75, 3.05) is 52.4 Å². The van der Waals surface area contributed by atoms with E-state index in [9.17, 15) is 47.1 Å². The highest BCUT2D eigenvalue weighted by atomic mass is 19.1. The van der Waals surface area contributed by atoms with Crippen LogP contribution in [0.25, 0.3) is 0 Å². The van der Waals surface area contributed by atoms with Gasteiger partial charge in [-0.05, 0) is 103 Å². The molecule has 0 spiro atoms. The smallest absolute Gasteiger partial charge is 0.306 e. The second-order valence-electron chi connectivity index (χ2n) is 17.3. The summed E-state index contributed by atoms with van der Waals surface area (Å²) in [5.41, 5.74) is 3.07. The van der Waals surface area contributed by atoms with Crippen molar-refractivity contribution in [3.8, 4) is 0 Å². The number of carbonyl (C=O) groups is 8. The van der Waals surface area contributed by atoms with Crippen LogP contribution >= 0.6 is 0 Å². The minimum absolute atomic E-state index is 0.0766. The number of nitrogens with zero attached hydrogens (tertiary/aromatic N) is 2. The van der Waals surface area contributed by atoms with Gasteiger partial charge in [0.2, 0.25) is 23.6 Å². The average molecular weight is 1020 g/mol. The van der Waals surface area contributed by atoms with Crippen molar-refractivity contribution in [1.82, 2.24) is 31.1 Å². The first-order valence-electron chi connectivity index (χ1n) is 24.4. The number of amides is 6. The molecule has 0 aliphatic rings. The van der Waals surface area contributed by atoms with Crippen LogP contribution in [0.4, 0.5) is 8.78 Å². The molecule has 18 heteroatoms. The SMILES string of the molecule is O=C(CN(CC(=O)NCCc1ccc(F)cc1)C(=O)c1cccc(C(=O)N(CC(=O)NCCCCC(=O)OCc2ccccc2)CC(=O)NCCc2ccc(F)cc2)c1)NCCCCC(=O)OCc1ccccc1. The summed E-state index contributed by atoms with van der Waals surface area (Å²) in [7, 11) is 0. The molecule has 0 aliphatic heterocycles. The van der Waals surface area contributed by atoms with Crippen molar-refractivity contribution in [2.24, 2.45) is 0 Å². The van der Waals surface area contributed by atoms with E-state index in [0.29, 0.717) is 38.5 Å². The topological polar surface area (TPSA) is 210 Å². The number of ether oxygens (including phenoxy) is 2. The lowest BCUT2D eigenvalue weighted by atomic mass is 10.1. The largest absolute Gasteiger partial charge is 0.461 e. The Morgan fingerprint density at radius 3 is 1.11 bits per heavy atom. The van der Waals surface area contributed by atoms with E-state index in [1.165, 1.54) is 48.5 Å². The first kappa shape index (κ1) is 56.6. The van der Waals surface area contributed by atoms with E-state index in [1.807, 2.05) is 60.7 Å². The molecule has 74 heavy (non-hydrogen) atoms. The van der Waals surface area contributed by atoms with E-state index in [4.69, 9.17) is 9.47 Å². The molecule has 0 fully saturated rings. The van der Waals surface area contributed by atoms with Crippen molar-refractivity contribution in [3.63, 3.8) is 0 Å². The van der Waals surface area contributed by atoms with Gasteiger partial charge in [-0.15, -0.1) is 0 Å². The highest BCUT2D eigenvalue weighted by molar-refractivity contribution is 6.03. The molecule has 0 saturated carbocycles. The fourth-order valence-electron chi connectivity index (χ4n) is 7.33. The van der Waals surface area contributed by atoms with Crippen molar-refractivity contribution < 1.29 is 56.6 Å². The third kappa shape index (κ3) is 21.6. The summed E-state index contributed by atoms with van der Waals surface area (Å²) >= 11 is 0. The molecule has 6 amide bonds. The second-order valence-corrected chi connectivity index (χ2v) is 17.3. The zero-order chi connectivity index (χ0) is 52.9. The Balaban J connectivity index is 1.21. The van der Waals surface area contributed by atoms with Crippen LogP contribution in [-0.2, 0) is 64.3 Å². The number of hydrogen-bond acceptors (Lipinski definition) is 10. The van der Waals surface area contributed by atoms with Gasteiger partial charge in [0, 0.05) is 50.1 Å². The van der Waals surface area contributed by atoms with E-state index in [2.05, 4.69) is 21.3 Å². The number of benzene rings is 5. The summed E-state index contributed by atoms with van der Waals surface area (Å²) < 4.78 is 37.5. The Bertz CT molecular complexity index is 2450. The molecule has 0 saturated heterocycles. The van der Waals surface area contributed by atoms with Crippen LogP contribution in [0.2, 0.25) is 0 Å². The average Bonchev–Trinajstić information content (AvgIpc) is 3.40. The van der Waals surface area contributed by atoms with Gasteiger partial charge < -0.3 is 40.5 Å². The summed E-state index contributed by atoms with van der Waals surface area (Å²) in [5, 5.41) is 10.9. The van der Waals surface area contributed by atoms with E-state index in [1.54, 1.807) is 24.3 Å². The number of halogens is 2. The Morgan fingerprint density at radius 1 is 0.392 bits per heavy atom. The molecule has 5 rings (SSSR count). The van der Waals surface area contributed by atoms with Crippen LogP contribution in [0.5, 0.6) is 0 Å². The lowest BCUT2D eigenvalue weighted by molar-refractivity contribution is -0.146. The number of carbonyl (C=O) groups excluding carboxylic acids is 8. The third-order valence-electron chi connectivity index (χ3n) is 11.3. The number of hydrogen-bond donors (Lipinski definition) is 4. The van der Waals surface area contributed by atoms with Crippen LogP contribution in [0.1, 0.15) is 81.5 Å². The lowest BCUT2D eigenvalue weighted by Gasteiger charge is -2.24. The summed E-state index contributed by atoms with van der Waals surface area (Å²) in [6.45, 7) is -1.33. The molecule has 0 bridgehead atoms. The summed E-state index contributed by atoms with van der Waals surface area (Å²) in [6, 6.07) is 35.4. The lowest BCUT2D eigenvalue weighted by Crippen LogP contribution is -2.47. The fourth-order valence-corrected chi connectivity index (χ4v) is 7.33. The van der Waals surface area contributed by atoms with Gasteiger partial charge in [-0.1, -0.05) is 91.0 Å². The molecular weight excluding hydrogens is 955 g/mol. The molecular formula is C56H62F2N6O10. The molecule has 390 valence electrons. The minimum atomic E-state index is -0.781. The molecule has 5 aromatic rings. The van der Waals surface area contributed by atoms with Gasteiger partial charge in [0.1, 0.15) is 51.0 Å². The molecule has 16 nitrogen and oxygen atoms in total. The fraction of sp³-hybridized carbons (Fsp3) is 0.321. The highest BCUT2D eigenvalue weighted by Crippen LogP contribution is 2.13. The normalized spacial score (nSPS) is 10.6. The van der Waals surface area contributed by atoms with Gasteiger partial charge in [-0.25, -0.2) is 8.78 Å². The van der Waals surface area contributed by atoms with E-state index in [0.717, 1.165) is 32.1 Å². The van der Waals surface area contributed by atoms with Crippen molar-refractivity contribution in [1.29, 1.82) is 0 Å². The van der Waals surface area contributed by atoms with Gasteiger partial charge in [0.15, 0.2) is 0 Å². The molecule has 0 heterocycles. The number of esters is 2. The Labute approximate surface area is 429 Å². The zero-order valence-electron chi connectivity index (χ0n) is 41.2. The number of rotatable bonds is 30. The van der Waals surface area contributed by atoms with Crippen LogP contribution < -0.4 is 21.3 Å². The summed E-state index contributed by atoms with van der Waals surface area (Å²) in [5.74, 6) is -5.54. The highest BCUT2D eigenvalue weighted by Gasteiger charge is 2.26. The zero-order valence-corrected chi connectivity index (χ0v) is 41.2. The van der Waals surface area contributed by atoms with Crippen LogP contribution in [-0.4, -0.2) is 110 Å². The van der Waals surface area contributed by atoms with Gasteiger partial charge >= 0.3 is 11.9 Å². The van der Waals surface area contributed by atoms with Gasteiger partial charge in [-0.3, -0.25) is 38.4 Å². The second kappa shape index (κ2) is 31.2. The number of unbranched alkanes of at least 4 members (excludes halogenated alkanes) is 2. The Hall–Kier alpha value is -8.28. The van der Waals surface area contributed by atoms with Crippen LogP contribution in [0, 0.1) is 11.6 Å². The summed E-state index contributed by atoms with van der Waals surface area (Å²) in [4.78, 5) is 108. The first-order chi connectivity index (χ1) is 35.8. The van der Waals surface area contributed by atoms with Crippen molar-refractivity contribution in [2.45, 2.75) is 64.6 Å². The molecule has 5 aromatic carbocycles. The molecule has 0 aliphatic carbocycles. The van der Waals surface area contributed by atoms with Crippen molar-refractivity contribution in [3.05, 3.63) is 178 Å².